The van der Waals surface area contributed by atoms with E-state index in [4.69, 9.17) is 4.74 Å². The van der Waals surface area contributed by atoms with E-state index in [1.165, 1.54) is 11.3 Å². The molecular formula is C18H15N5O2S. The molecule has 2 aromatic carbocycles. The molecule has 7 nitrogen and oxygen atoms in total. The van der Waals surface area contributed by atoms with Crippen LogP contribution in [-0.2, 0) is 0 Å². The number of rotatable bonds is 5. The molecule has 2 aromatic heterocycles. The first-order valence-electron chi connectivity index (χ1n) is 8.04. The number of nitrogens with zero attached hydrogens (tertiary/aromatic N) is 4. The maximum atomic E-state index is 12.4. The number of aromatic nitrogens is 4. The van der Waals surface area contributed by atoms with Crippen LogP contribution in [0.1, 0.15) is 17.3 Å². The molecule has 0 radical (unpaired) electrons. The Morgan fingerprint density at radius 3 is 2.85 bits per heavy atom. The maximum Gasteiger partial charge on any atom is 0.255 e. The second-order valence-corrected chi connectivity index (χ2v) is 6.41. The summed E-state index contributed by atoms with van der Waals surface area (Å²) in [6.07, 6.45) is 1.57. The SMILES string of the molecule is CCOc1cccc(C(=O)Nc2ccc(-c3nn4cnnc4s3)cc2)c1. The highest BCUT2D eigenvalue weighted by Crippen LogP contribution is 2.26. The molecule has 0 spiro atoms. The van der Waals surface area contributed by atoms with Crippen LogP contribution >= 0.6 is 11.3 Å². The topological polar surface area (TPSA) is 81.4 Å². The number of nitrogens with one attached hydrogen (secondary N) is 1. The van der Waals surface area contributed by atoms with E-state index in [0.29, 0.717) is 23.6 Å². The third-order valence-corrected chi connectivity index (χ3v) is 4.65. The minimum atomic E-state index is -0.182. The van der Waals surface area contributed by atoms with E-state index in [2.05, 4.69) is 20.6 Å². The molecule has 0 atom stereocenters. The zero-order valence-electron chi connectivity index (χ0n) is 13.9. The van der Waals surface area contributed by atoms with Crippen molar-refractivity contribution in [3.05, 3.63) is 60.4 Å². The Balaban J connectivity index is 1.49. The number of ether oxygens (including phenoxy) is 1. The predicted molar refractivity (Wildman–Crippen MR) is 99.7 cm³/mol. The summed E-state index contributed by atoms with van der Waals surface area (Å²) in [7, 11) is 0. The van der Waals surface area contributed by atoms with Gasteiger partial charge in [0.2, 0.25) is 4.96 Å². The summed E-state index contributed by atoms with van der Waals surface area (Å²) < 4.78 is 7.07. The monoisotopic (exact) mass is 365 g/mol. The number of anilines is 1. The summed E-state index contributed by atoms with van der Waals surface area (Å²) in [5, 5.41) is 15.9. The zero-order chi connectivity index (χ0) is 17.9. The van der Waals surface area contributed by atoms with Crippen molar-refractivity contribution in [3.63, 3.8) is 0 Å². The second kappa shape index (κ2) is 6.93. The van der Waals surface area contributed by atoms with E-state index < -0.39 is 0 Å². The summed E-state index contributed by atoms with van der Waals surface area (Å²) in [4.78, 5) is 13.2. The predicted octanol–water partition coefficient (Wildman–Crippen LogP) is 3.50. The van der Waals surface area contributed by atoms with Crippen LogP contribution < -0.4 is 10.1 Å². The molecule has 0 unspecified atom stereocenters. The third-order valence-electron chi connectivity index (χ3n) is 3.68. The van der Waals surface area contributed by atoms with Gasteiger partial charge in [0.25, 0.3) is 5.91 Å². The first-order chi connectivity index (χ1) is 12.7. The standard InChI is InChI=1S/C18H15N5O2S/c1-2-25-15-5-3-4-13(10-15)16(24)20-14-8-6-12(7-9-14)17-22-23-11-19-21-18(23)26-17/h3-11H,2H2,1H3,(H,20,24). The van der Waals surface area contributed by atoms with Gasteiger partial charge >= 0.3 is 0 Å². The average Bonchev–Trinajstić information content (AvgIpc) is 3.25. The molecule has 0 aliphatic rings. The molecule has 130 valence electrons. The van der Waals surface area contributed by atoms with Crippen LogP contribution in [0.15, 0.2) is 54.9 Å². The van der Waals surface area contributed by atoms with Crippen LogP contribution in [0.3, 0.4) is 0 Å². The van der Waals surface area contributed by atoms with E-state index in [1.807, 2.05) is 37.3 Å². The highest BCUT2D eigenvalue weighted by atomic mass is 32.1. The van der Waals surface area contributed by atoms with Crippen molar-refractivity contribution in [1.29, 1.82) is 0 Å². The number of carbonyl (C=O) groups excluding carboxylic acids is 1. The average molecular weight is 365 g/mol. The molecule has 1 amide bonds. The summed E-state index contributed by atoms with van der Waals surface area (Å²) in [6, 6.07) is 14.6. The minimum Gasteiger partial charge on any atom is -0.494 e. The van der Waals surface area contributed by atoms with Crippen molar-refractivity contribution in [3.8, 4) is 16.3 Å². The molecule has 0 aliphatic heterocycles. The minimum absolute atomic E-state index is 0.182. The van der Waals surface area contributed by atoms with Gasteiger partial charge in [0.15, 0.2) is 0 Å². The molecule has 0 aliphatic carbocycles. The molecular weight excluding hydrogens is 350 g/mol. The summed E-state index contributed by atoms with van der Waals surface area (Å²) in [5.74, 6) is 0.497. The lowest BCUT2D eigenvalue weighted by atomic mass is 10.2. The highest BCUT2D eigenvalue weighted by molar-refractivity contribution is 7.19. The normalized spacial score (nSPS) is 10.8. The van der Waals surface area contributed by atoms with Crippen LogP contribution in [0.25, 0.3) is 15.5 Å². The van der Waals surface area contributed by atoms with Crippen LogP contribution in [-0.4, -0.2) is 32.3 Å². The molecule has 2 heterocycles. The first kappa shape index (κ1) is 16.2. The molecule has 0 fully saturated rings. The Bertz CT molecular complexity index is 1030. The van der Waals surface area contributed by atoms with Gasteiger partial charge in [0.1, 0.15) is 17.1 Å². The fourth-order valence-corrected chi connectivity index (χ4v) is 3.29. The van der Waals surface area contributed by atoms with Gasteiger partial charge < -0.3 is 10.1 Å². The van der Waals surface area contributed by atoms with Gasteiger partial charge in [-0.3, -0.25) is 4.79 Å². The molecule has 1 N–H and O–H groups in total. The fraction of sp³-hybridized carbons (Fsp3) is 0.111. The lowest BCUT2D eigenvalue weighted by Crippen LogP contribution is -2.11. The number of carbonyl (C=O) groups is 1. The van der Waals surface area contributed by atoms with Gasteiger partial charge in [-0.25, -0.2) is 0 Å². The summed E-state index contributed by atoms with van der Waals surface area (Å²) in [6.45, 7) is 2.47. The highest BCUT2D eigenvalue weighted by Gasteiger charge is 2.10. The quantitative estimate of drug-likeness (QED) is 0.585. The van der Waals surface area contributed by atoms with Gasteiger partial charge in [0.05, 0.1) is 6.61 Å². The fourth-order valence-electron chi connectivity index (χ4n) is 2.47. The Morgan fingerprint density at radius 1 is 1.23 bits per heavy atom. The van der Waals surface area contributed by atoms with Gasteiger partial charge in [-0.15, -0.1) is 10.2 Å². The van der Waals surface area contributed by atoms with Crippen molar-refractivity contribution in [1.82, 2.24) is 19.8 Å². The molecule has 4 rings (SSSR count). The van der Waals surface area contributed by atoms with Crippen LogP contribution in [0.4, 0.5) is 5.69 Å². The summed E-state index contributed by atoms with van der Waals surface area (Å²) >= 11 is 1.46. The maximum absolute atomic E-state index is 12.4. The smallest absolute Gasteiger partial charge is 0.255 e. The van der Waals surface area contributed by atoms with Gasteiger partial charge in [-0.05, 0) is 49.4 Å². The number of fused-ring (bicyclic) bond motifs is 1. The number of amides is 1. The van der Waals surface area contributed by atoms with E-state index in [9.17, 15) is 4.79 Å². The lowest BCUT2D eigenvalue weighted by Gasteiger charge is -2.08. The number of benzene rings is 2. The second-order valence-electron chi connectivity index (χ2n) is 5.46. The van der Waals surface area contributed by atoms with Gasteiger partial charge in [-0.1, -0.05) is 17.4 Å². The van der Waals surface area contributed by atoms with Gasteiger partial charge in [0, 0.05) is 16.8 Å². The van der Waals surface area contributed by atoms with E-state index in [1.54, 1.807) is 29.0 Å². The van der Waals surface area contributed by atoms with E-state index in [0.717, 1.165) is 15.5 Å². The number of hydrogen-bond acceptors (Lipinski definition) is 6. The molecule has 26 heavy (non-hydrogen) atoms. The molecule has 8 heteroatoms. The first-order valence-corrected chi connectivity index (χ1v) is 8.86. The molecule has 0 saturated heterocycles. The molecule has 4 aromatic rings. The molecule has 0 saturated carbocycles. The van der Waals surface area contributed by atoms with Crippen molar-refractivity contribution < 1.29 is 9.53 Å². The zero-order valence-corrected chi connectivity index (χ0v) is 14.7. The Hall–Kier alpha value is -3.26. The van der Waals surface area contributed by atoms with Crippen molar-refractivity contribution in [2.24, 2.45) is 0 Å². The third kappa shape index (κ3) is 3.27. The van der Waals surface area contributed by atoms with E-state index >= 15 is 0 Å². The molecule has 0 bridgehead atoms. The van der Waals surface area contributed by atoms with Crippen LogP contribution in [0, 0.1) is 0 Å². The van der Waals surface area contributed by atoms with Crippen LogP contribution in [0.2, 0.25) is 0 Å². The summed E-state index contributed by atoms with van der Waals surface area (Å²) in [5.41, 5.74) is 2.22. The van der Waals surface area contributed by atoms with Crippen molar-refractivity contribution in [2.75, 3.05) is 11.9 Å². The number of hydrogen-bond donors (Lipinski definition) is 1. The largest absolute Gasteiger partial charge is 0.494 e. The van der Waals surface area contributed by atoms with Crippen molar-refractivity contribution >= 4 is 27.9 Å². The van der Waals surface area contributed by atoms with Crippen molar-refractivity contribution in [2.45, 2.75) is 6.92 Å². The van der Waals surface area contributed by atoms with E-state index in [-0.39, 0.29) is 5.91 Å². The lowest BCUT2D eigenvalue weighted by molar-refractivity contribution is 0.102. The van der Waals surface area contributed by atoms with Gasteiger partial charge in [-0.2, -0.15) is 9.61 Å². The Morgan fingerprint density at radius 2 is 2.08 bits per heavy atom. The van der Waals surface area contributed by atoms with Crippen LogP contribution in [0.5, 0.6) is 5.75 Å². The Kier molecular flexibility index (Phi) is 4.32. The Labute approximate surface area is 153 Å².